The minimum absolute atomic E-state index is 0.188. The summed E-state index contributed by atoms with van der Waals surface area (Å²) in [5.41, 5.74) is -1.50. The summed E-state index contributed by atoms with van der Waals surface area (Å²) in [6, 6.07) is 0. The summed E-state index contributed by atoms with van der Waals surface area (Å²) in [5, 5.41) is 14.6. The number of aromatic nitrogens is 2. The molecule has 9 nitrogen and oxygen atoms in total. The highest BCUT2D eigenvalue weighted by Gasteiger charge is 2.34. The van der Waals surface area contributed by atoms with E-state index in [0.29, 0.717) is 0 Å². The van der Waals surface area contributed by atoms with Crippen LogP contribution < -0.4 is 0 Å². The third-order valence-corrected chi connectivity index (χ3v) is 2.07. The summed E-state index contributed by atoms with van der Waals surface area (Å²) in [7, 11) is 2.39. The molecule has 0 amide bonds. The molecule has 98 valence electrons. The Morgan fingerprint density at radius 2 is 2.06 bits per heavy atom. The van der Waals surface area contributed by atoms with Gasteiger partial charge in [0, 0.05) is 14.0 Å². The number of nitrogens with zero attached hydrogens (tertiary/aromatic N) is 3. The van der Waals surface area contributed by atoms with E-state index in [1.165, 1.54) is 7.11 Å². The Balaban J connectivity index is 3.53. The van der Waals surface area contributed by atoms with Crippen LogP contribution in [-0.4, -0.2) is 40.7 Å². The van der Waals surface area contributed by atoms with Crippen LogP contribution in [0.1, 0.15) is 27.9 Å². The average Bonchev–Trinajstić information content (AvgIpc) is 2.68. The molecule has 0 radical (unpaired) electrons. The number of esters is 1. The Hall–Kier alpha value is -2.29. The number of rotatable bonds is 5. The number of hydrogen-bond donors (Lipinski definition) is 0. The predicted molar refractivity (Wildman–Crippen MR) is 57.2 cm³/mol. The topological polar surface area (TPSA) is 114 Å². The second-order valence-electron chi connectivity index (χ2n) is 3.27. The number of carbonyl (C=O) groups is 2. The number of ketones is 1. The molecule has 0 fully saturated rings. The monoisotopic (exact) mass is 257 g/mol. The van der Waals surface area contributed by atoms with Crippen LogP contribution in [0, 0.1) is 10.1 Å². The van der Waals surface area contributed by atoms with E-state index in [1.807, 2.05) is 0 Å². The lowest BCUT2D eigenvalue weighted by Gasteiger charge is -2.01. The molecule has 9 heteroatoms. The quantitative estimate of drug-likeness (QED) is 0.324. The lowest BCUT2D eigenvalue weighted by Crippen LogP contribution is -2.11. The van der Waals surface area contributed by atoms with Gasteiger partial charge in [-0.1, -0.05) is 0 Å². The number of nitro groups is 1. The number of ether oxygens (including phenoxy) is 2. The van der Waals surface area contributed by atoms with E-state index in [2.05, 4.69) is 9.84 Å². The van der Waals surface area contributed by atoms with Gasteiger partial charge < -0.3 is 9.47 Å². The Bertz CT molecular complexity index is 507. The highest BCUT2D eigenvalue weighted by Crippen LogP contribution is 2.24. The molecule has 1 aromatic heterocycles. The van der Waals surface area contributed by atoms with E-state index in [-0.39, 0.29) is 12.4 Å². The van der Waals surface area contributed by atoms with Gasteiger partial charge in [0.05, 0.1) is 12.0 Å². The van der Waals surface area contributed by atoms with Crippen LogP contribution in [0.2, 0.25) is 0 Å². The van der Waals surface area contributed by atoms with Gasteiger partial charge in [-0.2, -0.15) is 5.10 Å². The van der Waals surface area contributed by atoms with Crippen molar-refractivity contribution in [3.63, 3.8) is 0 Å². The largest absolute Gasteiger partial charge is 0.464 e. The van der Waals surface area contributed by atoms with Crippen LogP contribution >= 0.6 is 0 Å². The maximum atomic E-state index is 11.4. The number of methoxy groups -OCH3 is 2. The van der Waals surface area contributed by atoms with E-state index in [0.717, 1.165) is 18.7 Å². The summed E-state index contributed by atoms with van der Waals surface area (Å²) < 4.78 is 10.1. The molecule has 0 atom stereocenters. The SMILES string of the molecule is COCn1nc(C(=O)OC)c([N+](=O)[O-])c1C(C)=O. The van der Waals surface area contributed by atoms with Crippen LogP contribution in [-0.2, 0) is 16.2 Å². The molecule has 0 unspecified atom stereocenters. The molecule has 1 rings (SSSR count). The van der Waals surface area contributed by atoms with Crippen molar-refractivity contribution in [2.75, 3.05) is 14.2 Å². The molecule has 0 bridgehead atoms. The number of Topliss-reactive ketones (excluding diaryl/α,β-unsaturated/α-hetero) is 1. The van der Waals surface area contributed by atoms with Gasteiger partial charge in [-0.15, -0.1) is 0 Å². The number of carbonyl (C=O) groups excluding carboxylic acids is 2. The average molecular weight is 257 g/mol. The fraction of sp³-hybridized carbons (Fsp3) is 0.444. The fourth-order valence-corrected chi connectivity index (χ4v) is 1.42. The van der Waals surface area contributed by atoms with Gasteiger partial charge in [0.15, 0.2) is 11.5 Å². The molecule has 0 N–H and O–H groups in total. The maximum Gasteiger partial charge on any atom is 0.365 e. The van der Waals surface area contributed by atoms with Gasteiger partial charge in [0.25, 0.3) is 0 Å². The van der Waals surface area contributed by atoms with Crippen LogP contribution in [0.3, 0.4) is 0 Å². The fourth-order valence-electron chi connectivity index (χ4n) is 1.42. The molecule has 0 aliphatic heterocycles. The van der Waals surface area contributed by atoms with Gasteiger partial charge >= 0.3 is 11.7 Å². The maximum absolute atomic E-state index is 11.4. The van der Waals surface area contributed by atoms with Crippen LogP contribution in [0.25, 0.3) is 0 Å². The lowest BCUT2D eigenvalue weighted by molar-refractivity contribution is -0.385. The summed E-state index contributed by atoms with van der Waals surface area (Å²) in [4.78, 5) is 32.9. The van der Waals surface area contributed by atoms with Crippen molar-refractivity contribution in [3.05, 3.63) is 21.5 Å². The molecular weight excluding hydrogens is 246 g/mol. The molecule has 0 aliphatic rings. The Kier molecular flexibility index (Phi) is 4.10. The molecule has 1 aromatic rings. The molecule has 18 heavy (non-hydrogen) atoms. The molecule has 0 aromatic carbocycles. The molecule has 0 spiro atoms. The van der Waals surface area contributed by atoms with Crippen molar-refractivity contribution in [1.82, 2.24) is 9.78 Å². The standard InChI is InChI=1S/C9H11N3O6/c1-5(13)7-8(12(15)16)6(9(14)18-3)10-11(7)4-17-2/h4H2,1-3H3. The highest BCUT2D eigenvalue weighted by atomic mass is 16.6. The van der Waals surface area contributed by atoms with Crippen molar-refractivity contribution in [2.24, 2.45) is 0 Å². The summed E-state index contributed by atoms with van der Waals surface area (Å²) in [5.74, 6) is -1.58. The first kappa shape index (κ1) is 13.8. The Morgan fingerprint density at radius 1 is 1.44 bits per heavy atom. The Morgan fingerprint density at radius 3 is 2.44 bits per heavy atom. The zero-order valence-corrected chi connectivity index (χ0v) is 10.00. The molecule has 0 aliphatic carbocycles. The molecule has 0 saturated heterocycles. The van der Waals surface area contributed by atoms with Gasteiger partial charge in [-0.3, -0.25) is 14.9 Å². The first-order chi connectivity index (χ1) is 8.43. The normalized spacial score (nSPS) is 10.2. The van der Waals surface area contributed by atoms with E-state index >= 15 is 0 Å². The summed E-state index contributed by atoms with van der Waals surface area (Å²) in [6.45, 7) is 0.948. The van der Waals surface area contributed by atoms with E-state index in [4.69, 9.17) is 4.74 Å². The first-order valence-corrected chi connectivity index (χ1v) is 4.77. The smallest absolute Gasteiger partial charge is 0.365 e. The Labute approximate surface area is 101 Å². The van der Waals surface area contributed by atoms with Crippen molar-refractivity contribution < 1.29 is 24.0 Å². The minimum atomic E-state index is -0.987. The molecule has 0 saturated carbocycles. The van der Waals surface area contributed by atoms with Crippen LogP contribution in [0.5, 0.6) is 0 Å². The lowest BCUT2D eigenvalue weighted by atomic mass is 10.2. The van der Waals surface area contributed by atoms with E-state index in [1.54, 1.807) is 0 Å². The van der Waals surface area contributed by atoms with Crippen LogP contribution in [0.4, 0.5) is 5.69 Å². The summed E-state index contributed by atoms with van der Waals surface area (Å²) in [6.07, 6.45) is 0. The van der Waals surface area contributed by atoms with Gasteiger partial charge in [-0.05, 0) is 0 Å². The minimum Gasteiger partial charge on any atom is -0.464 e. The zero-order valence-electron chi connectivity index (χ0n) is 10.00. The second-order valence-corrected chi connectivity index (χ2v) is 3.27. The van der Waals surface area contributed by atoms with E-state index < -0.39 is 28.1 Å². The first-order valence-electron chi connectivity index (χ1n) is 4.77. The zero-order chi connectivity index (χ0) is 13.9. The van der Waals surface area contributed by atoms with Gasteiger partial charge in [0.1, 0.15) is 6.73 Å². The summed E-state index contributed by atoms with van der Waals surface area (Å²) >= 11 is 0. The third kappa shape index (κ3) is 2.35. The van der Waals surface area contributed by atoms with Crippen LogP contribution in [0.15, 0.2) is 0 Å². The predicted octanol–water partition coefficient (Wildman–Crippen LogP) is 0.384. The highest BCUT2D eigenvalue weighted by molar-refractivity contribution is 6.02. The molecule has 1 heterocycles. The van der Waals surface area contributed by atoms with Gasteiger partial charge in [0.2, 0.25) is 5.69 Å². The van der Waals surface area contributed by atoms with Crippen molar-refractivity contribution in [3.8, 4) is 0 Å². The van der Waals surface area contributed by atoms with Crippen molar-refractivity contribution in [1.29, 1.82) is 0 Å². The van der Waals surface area contributed by atoms with Gasteiger partial charge in [-0.25, -0.2) is 9.48 Å². The van der Waals surface area contributed by atoms with Crippen molar-refractivity contribution >= 4 is 17.4 Å². The number of hydrogen-bond acceptors (Lipinski definition) is 7. The molecular formula is C9H11N3O6. The van der Waals surface area contributed by atoms with Crippen molar-refractivity contribution in [2.45, 2.75) is 13.7 Å². The second kappa shape index (κ2) is 5.36. The van der Waals surface area contributed by atoms with E-state index in [9.17, 15) is 19.7 Å². The third-order valence-electron chi connectivity index (χ3n) is 2.07.